The van der Waals surface area contributed by atoms with Gasteiger partial charge in [-0.05, 0) is 137 Å². The van der Waals surface area contributed by atoms with Gasteiger partial charge in [-0.25, -0.2) is 0 Å². The summed E-state index contributed by atoms with van der Waals surface area (Å²) in [5.41, 5.74) is 16.3. The smallest absolute Gasteiger partial charge is 0.0702 e. The van der Waals surface area contributed by atoms with Crippen LogP contribution in [0.5, 0.6) is 0 Å². The molecule has 0 saturated heterocycles. The first-order valence-electron chi connectivity index (χ1n) is 19.8. The van der Waals surface area contributed by atoms with Crippen molar-refractivity contribution in [3.8, 4) is 66.8 Å². The molecule has 58 heavy (non-hydrogen) atoms. The molecule has 0 aliphatic rings. The lowest BCUT2D eigenvalue weighted by molar-refractivity contribution is 1.41. The summed E-state index contributed by atoms with van der Waals surface area (Å²) in [5, 5.41) is 7.09. The van der Waals surface area contributed by atoms with E-state index in [4.69, 9.17) is 0 Å². The molecule has 11 rings (SSSR count). The van der Waals surface area contributed by atoms with Crippen LogP contribution in [-0.4, -0.2) is 9.97 Å². The van der Waals surface area contributed by atoms with Gasteiger partial charge in [-0.2, -0.15) is 0 Å². The second kappa shape index (κ2) is 14.1. The van der Waals surface area contributed by atoms with Crippen LogP contribution >= 0.6 is 0 Å². The van der Waals surface area contributed by atoms with Crippen LogP contribution < -0.4 is 0 Å². The van der Waals surface area contributed by atoms with Crippen molar-refractivity contribution in [3.63, 3.8) is 0 Å². The number of nitrogens with zero attached hydrogens (tertiary/aromatic N) is 2. The van der Waals surface area contributed by atoms with Crippen molar-refractivity contribution in [2.75, 3.05) is 0 Å². The van der Waals surface area contributed by atoms with Crippen molar-refractivity contribution in [2.24, 2.45) is 0 Å². The molecule has 0 unspecified atom stereocenters. The summed E-state index contributed by atoms with van der Waals surface area (Å²) in [6.45, 7) is 0. The van der Waals surface area contributed by atoms with Crippen molar-refractivity contribution in [2.45, 2.75) is 0 Å². The largest absolute Gasteiger partial charge is 0.256 e. The van der Waals surface area contributed by atoms with Gasteiger partial charge in [-0.1, -0.05) is 158 Å². The molecule has 0 fully saturated rings. The molecule has 2 nitrogen and oxygen atoms in total. The van der Waals surface area contributed by atoms with Gasteiger partial charge in [0.1, 0.15) is 0 Å². The molecule has 0 amide bonds. The Bertz CT molecular complexity index is 3110. The molecular weight excluding hydrogens is 701 g/mol. The average molecular weight is 737 g/mol. The predicted octanol–water partition coefficient (Wildman–Crippen LogP) is 15.1. The quantitative estimate of drug-likeness (QED) is 0.159. The summed E-state index contributed by atoms with van der Waals surface area (Å²) in [6, 6.07) is 75.0. The fourth-order valence-electron chi connectivity index (χ4n) is 8.82. The van der Waals surface area contributed by atoms with Crippen LogP contribution in [0.15, 0.2) is 219 Å². The molecule has 0 aliphatic carbocycles. The summed E-state index contributed by atoms with van der Waals surface area (Å²) in [7, 11) is 0. The van der Waals surface area contributed by atoms with Gasteiger partial charge < -0.3 is 0 Å². The van der Waals surface area contributed by atoms with Crippen LogP contribution in [0.4, 0.5) is 0 Å². The molecule has 270 valence electrons. The van der Waals surface area contributed by atoms with E-state index in [1.54, 1.807) is 0 Å². The molecule has 9 aromatic carbocycles. The number of fused-ring (bicyclic) bond motifs is 4. The van der Waals surface area contributed by atoms with Gasteiger partial charge in [0.25, 0.3) is 0 Å². The summed E-state index contributed by atoms with van der Waals surface area (Å²) in [4.78, 5) is 9.22. The van der Waals surface area contributed by atoms with E-state index in [9.17, 15) is 0 Å². The highest BCUT2D eigenvalue weighted by Gasteiger charge is 2.22. The Morgan fingerprint density at radius 1 is 0.241 bits per heavy atom. The lowest BCUT2D eigenvalue weighted by Crippen LogP contribution is -1.95. The molecule has 0 spiro atoms. The van der Waals surface area contributed by atoms with Crippen LogP contribution in [0.2, 0.25) is 0 Å². The number of benzene rings is 9. The van der Waals surface area contributed by atoms with Crippen LogP contribution in [0.1, 0.15) is 0 Å². The van der Waals surface area contributed by atoms with Crippen LogP contribution in [0.25, 0.3) is 110 Å². The molecule has 0 N–H and O–H groups in total. The van der Waals surface area contributed by atoms with Gasteiger partial charge >= 0.3 is 0 Å². The Morgan fingerprint density at radius 2 is 0.621 bits per heavy atom. The highest BCUT2D eigenvalue weighted by molar-refractivity contribution is 6.24. The molecule has 0 radical (unpaired) electrons. The van der Waals surface area contributed by atoms with E-state index < -0.39 is 0 Å². The minimum absolute atomic E-state index is 0.994. The second-order valence-electron chi connectivity index (χ2n) is 14.9. The maximum Gasteiger partial charge on any atom is 0.0702 e. The summed E-state index contributed by atoms with van der Waals surface area (Å²) >= 11 is 0. The number of aromatic nitrogens is 2. The zero-order valence-corrected chi connectivity index (χ0v) is 31.7. The summed E-state index contributed by atoms with van der Waals surface area (Å²) in [6.07, 6.45) is 3.72. The topological polar surface area (TPSA) is 25.8 Å². The van der Waals surface area contributed by atoms with Gasteiger partial charge in [0.15, 0.2) is 0 Å². The zero-order chi connectivity index (χ0) is 38.4. The third-order valence-corrected chi connectivity index (χ3v) is 11.6. The van der Waals surface area contributed by atoms with E-state index in [0.29, 0.717) is 0 Å². The van der Waals surface area contributed by atoms with Gasteiger partial charge in [0.05, 0.1) is 11.0 Å². The highest BCUT2D eigenvalue weighted by atomic mass is 14.6. The van der Waals surface area contributed by atoms with Crippen molar-refractivity contribution in [1.82, 2.24) is 9.97 Å². The zero-order valence-electron chi connectivity index (χ0n) is 31.7. The monoisotopic (exact) mass is 736 g/mol. The summed E-state index contributed by atoms with van der Waals surface area (Å²) < 4.78 is 0. The molecular formula is C56H36N2. The van der Waals surface area contributed by atoms with E-state index in [2.05, 4.69) is 204 Å². The maximum absolute atomic E-state index is 4.61. The molecule has 0 aliphatic heterocycles. The lowest BCUT2D eigenvalue weighted by atomic mass is 9.81. The van der Waals surface area contributed by atoms with Crippen molar-refractivity contribution >= 4 is 43.4 Å². The Morgan fingerprint density at radius 3 is 1.07 bits per heavy atom. The second-order valence-corrected chi connectivity index (χ2v) is 14.9. The molecule has 2 aromatic heterocycles. The standard InChI is InChI=1S/C56H36N2/c1-3-13-37(14-4-1)45-19-7-9-21-47(45)55-49-27-23-42(40-26-30-54-44(34-40)18-12-32-58-54)36-52(49)56(48-22-10-8-20-46(48)38-15-5-2-6-16-38)50-28-24-41(35-51(50)55)39-25-29-53-43(33-39)17-11-31-57-53/h1-36H. The molecule has 2 heterocycles. The van der Waals surface area contributed by atoms with Crippen molar-refractivity contribution < 1.29 is 0 Å². The van der Waals surface area contributed by atoms with Crippen molar-refractivity contribution in [3.05, 3.63) is 219 Å². The van der Waals surface area contributed by atoms with Gasteiger partial charge in [0, 0.05) is 23.2 Å². The van der Waals surface area contributed by atoms with Crippen molar-refractivity contribution in [1.29, 1.82) is 0 Å². The van der Waals surface area contributed by atoms with Gasteiger partial charge in [0.2, 0.25) is 0 Å². The maximum atomic E-state index is 4.61. The minimum atomic E-state index is 0.994. The first kappa shape index (κ1) is 33.6. The summed E-state index contributed by atoms with van der Waals surface area (Å²) in [5.74, 6) is 0. The average Bonchev–Trinajstić information content (AvgIpc) is 3.30. The Balaban J connectivity index is 1.28. The van der Waals surface area contributed by atoms with Crippen LogP contribution in [0.3, 0.4) is 0 Å². The van der Waals surface area contributed by atoms with E-state index in [1.807, 2.05) is 24.5 Å². The molecule has 0 atom stereocenters. The highest BCUT2D eigenvalue weighted by Crippen LogP contribution is 2.49. The normalized spacial score (nSPS) is 11.4. The van der Waals surface area contributed by atoms with Gasteiger partial charge in [-0.15, -0.1) is 0 Å². The number of pyridine rings is 2. The van der Waals surface area contributed by atoms with Gasteiger partial charge in [-0.3, -0.25) is 9.97 Å². The molecule has 2 heteroatoms. The Kier molecular flexibility index (Phi) is 8.19. The first-order chi connectivity index (χ1) is 28.8. The fraction of sp³-hybridized carbons (Fsp3) is 0. The number of hydrogen-bond donors (Lipinski definition) is 0. The number of rotatable bonds is 6. The van der Waals surface area contributed by atoms with E-state index >= 15 is 0 Å². The third kappa shape index (κ3) is 5.82. The van der Waals surface area contributed by atoms with Crippen LogP contribution in [-0.2, 0) is 0 Å². The lowest BCUT2D eigenvalue weighted by Gasteiger charge is -2.22. The Hall–Kier alpha value is -7.68. The SMILES string of the molecule is c1ccc(-c2ccccc2-c2c3ccc(-c4ccc5ncccc5c4)cc3c(-c3ccccc3-c3ccccc3)c3ccc(-c4ccc5ncccc5c4)cc23)cc1. The molecule has 11 aromatic rings. The van der Waals surface area contributed by atoms with E-state index in [-0.39, 0.29) is 0 Å². The predicted molar refractivity (Wildman–Crippen MR) is 245 cm³/mol. The fourth-order valence-corrected chi connectivity index (χ4v) is 8.82. The van der Waals surface area contributed by atoms with E-state index in [1.165, 1.54) is 77.2 Å². The number of hydrogen-bond acceptors (Lipinski definition) is 2. The molecule has 0 bridgehead atoms. The first-order valence-corrected chi connectivity index (χ1v) is 19.8. The third-order valence-electron chi connectivity index (χ3n) is 11.6. The molecule has 0 saturated carbocycles. The minimum Gasteiger partial charge on any atom is -0.256 e. The Labute approximate surface area is 337 Å². The van der Waals surface area contributed by atoms with E-state index in [0.717, 1.165) is 32.9 Å². The van der Waals surface area contributed by atoms with Crippen LogP contribution in [0, 0.1) is 0 Å².